The number of rotatable bonds is 5. The summed E-state index contributed by atoms with van der Waals surface area (Å²) >= 11 is 0. The Morgan fingerprint density at radius 3 is 2.94 bits per heavy atom. The van der Waals surface area contributed by atoms with Gasteiger partial charge in [-0.05, 0) is 68.8 Å². The van der Waals surface area contributed by atoms with Crippen LogP contribution in [0.2, 0.25) is 0 Å². The van der Waals surface area contributed by atoms with Crippen molar-refractivity contribution < 1.29 is 0 Å². The molecule has 7 heteroatoms. The molecule has 1 fully saturated rings. The Balaban J connectivity index is 1.41. The highest BCUT2D eigenvalue weighted by Gasteiger charge is 2.27. The van der Waals surface area contributed by atoms with E-state index >= 15 is 0 Å². The number of para-hydroxylation sites is 2. The third kappa shape index (κ3) is 4.09. The van der Waals surface area contributed by atoms with Crippen molar-refractivity contribution in [3.63, 3.8) is 0 Å². The van der Waals surface area contributed by atoms with Gasteiger partial charge in [-0.2, -0.15) is 0 Å². The molecule has 32 heavy (non-hydrogen) atoms. The lowest BCUT2D eigenvalue weighted by Gasteiger charge is -2.34. The summed E-state index contributed by atoms with van der Waals surface area (Å²) in [6.45, 7) is 3.43. The molecule has 0 amide bonds. The molecule has 0 bridgehead atoms. The van der Waals surface area contributed by atoms with Crippen LogP contribution in [0.15, 0.2) is 42.6 Å². The number of guanidine groups is 1. The first-order valence-corrected chi connectivity index (χ1v) is 11.8. The first-order chi connectivity index (χ1) is 15.6. The summed E-state index contributed by atoms with van der Waals surface area (Å²) < 4.78 is 2.41. The van der Waals surface area contributed by atoms with E-state index in [4.69, 9.17) is 21.1 Å². The highest BCUT2D eigenvalue weighted by atomic mass is 15.2. The third-order valence-electron chi connectivity index (χ3n) is 7.12. The van der Waals surface area contributed by atoms with E-state index in [1.165, 1.54) is 23.2 Å². The van der Waals surface area contributed by atoms with Crippen LogP contribution in [-0.4, -0.2) is 50.4 Å². The fourth-order valence-electron chi connectivity index (χ4n) is 5.49. The average Bonchev–Trinajstić information content (AvgIpc) is 3.15. The van der Waals surface area contributed by atoms with Crippen molar-refractivity contribution >= 4 is 17.0 Å². The second-order valence-electron chi connectivity index (χ2n) is 9.34. The number of nitrogens with zero attached hydrogens (tertiary/aromatic N) is 5. The van der Waals surface area contributed by atoms with Crippen LogP contribution in [0.1, 0.15) is 48.8 Å². The fraction of sp³-hybridized carbons (Fsp3) is 0.480. The third-order valence-corrected chi connectivity index (χ3v) is 7.12. The molecular formula is C25H33N7. The maximum atomic E-state index is 7.84. The fourth-order valence-corrected chi connectivity index (χ4v) is 5.49. The lowest BCUT2D eigenvalue weighted by Crippen LogP contribution is -2.44. The van der Waals surface area contributed by atoms with Gasteiger partial charge in [0.1, 0.15) is 5.82 Å². The SMILES string of the molecule is CN(Cc1nc2ccccc2n1C[C@H]1CCCN(C(=N)N)C1)[C@@H]1CCCc2cccnc21. The summed E-state index contributed by atoms with van der Waals surface area (Å²) in [6.07, 6.45) is 7.62. The Morgan fingerprint density at radius 1 is 1.19 bits per heavy atom. The Hall–Kier alpha value is -2.93. The number of aryl methyl sites for hydroxylation is 1. The second-order valence-corrected chi connectivity index (χ2v) is 9.34. The van der Waals surface area contributed by atoms with Gasteiger partial charge in [0.25, 0.3) is 0 Å². The van der Waals surface area contributed by atoms with Crippen LogP contribution in [0, 0.1) is 11.3 Å². The summed E-state index contributed by atoms with van der Waals surface area (Å²) in [5, 5.41) is 7.84. The number of pyridine rings is 1. The number of nitrogens with one attached hydrogen (secondary N) is 1. The molecule has 2 aliphatic rings. The zero-order chi connectivity index (χ0) is 22.1. The molecule has 2 atom stereocenters. The minimum atomic E-state index is 0.189. The molecule has 1 saturated heterocycles. The van der Waals surface area contributed by atoms with Gasteiger partial charge in [0.05, 0.1) is 29.3 Å². The van der Waals surface area contributed by atoms with Crippen molar-refractivity contribution in [2.45, 2.75) is 51.2 Å². The molecular weight excluding hydrogens is 398 g/mol. The highest BCUT2D eigenvalue weighted by molar-refractivity contribution is 5.76. The molecule has 3 heterocycles. The van der Waals surface area contributed by atoms with Crippen LogP contribution >= 0.6 is 0 Å². The van der Waals surface area contributed by atoms with Crippen LogP contribution < -0.4 is 5.73 Å². The van der Waals surface area contributed by atoms with Gasteiger partial charge < -0.3 is 15.2 Å². The Bertz CT molecular complexity index is 1100. The molecule has 0 radical (unpaired) electrons. The van der Waals surface area contributed by atoms with Crippen molar-refractivity contribution in [2.75, 3.05) is 20.1 Å². The van der Waals surface area contributed by atoms with Crippen LogP contribution in [-0.2, 0) is 19.5 Å². The van der Waals surface area contributed by atoms with Crippen LogP contribution in [0.5, 0.6) is 0 Å². The molecule has 0 spiro atoms. The van der Waals surface area contributed by atoms with Crippen LogP contribution in [0.3, 0.4) is 0 Å². The van der Waals surface area contributed by atoms with Gasteiger partial charge in [-0.3, -0.25) is 15.3 Å². The molecule has 2 aromatic heterocycles. The number of benzene rings is 1. The van der Waals surface area contributed by atoms with Gasteiger partial charge in [-0.25, -0.2) is 4.98 Å². The molecule has 3 N–H and O–H groups in total. The van der Waals surface area contributed by atoms with E-state index < -0.39 is 0 Å². The number of fused-ring (bicyclic) bond motifs is 2. The Morgan fingerprint density at radius 2 is 2.06 bits per heavy atom. The van der Waals surface area contributed by atoms with Gasteiger partial charge in [0, 0.05) is 25.8 Å². The van der Waals surface area contributed by atoms with E-state index in [0.717, 1.165) is 63.2 Å². The summed E-state index contributed by atoms with van der Waals surface area (Å²) in [5.41, 5.74) is 10.6. The summed E-state index contributed by atoms with van der Waals surface area (Å²) in [6, 6.07) is 13.0. The van der Waals surface area contributed by atoms with E-state index in [0.29, 0.717) is 12.0 Å². The van der Waals surface area contributed by atoms with E-state index in [1.807, 2.05) is 11.1 Å². The molecule has 5 rings (SSSR count). The van der Waals surface area contributed by atoms with E-state index in [1.54, 1.807) is 0 Å². The number of hydrogen-bond acceptors (Lipinski definition) is 4. The van der Waals surface area contributed by atoms with Crippen molar-refractivity contribution in [2.24, 2.45) is 11.7 Å². The van der Waals surface area contributed by atoms with Gasteiger partial charge in [0.2, 0.25) is 0 Å². The first kappa shape index (κ1) is 20.9. The van der Waals surface area contributed by atoms with Crippen molar-refractivity contribution in [3.8, 4) is 0 Å². The Labute approximate surface area is 189 Å². The number of hydrogen-bond donors (Lipinski definition) is 2. The Kier molecular flexibility index (Phi) is 5.83. The molecule has 3 aromatic rings. The topological polar surface area (TPSA) is 87.1 Å². The predicted molar refractivity (Wildman–Crippen MR) is 127 cm³/mol. The number of nitrogens with two attached hydrogens (primary N) is 1. The van der Waals surface area contributed by atoms with E-state index in [2.05, 4.69) is 52.9 Å². The smallest absolute Gasteiger partial charge is 0.188 e. The van der Waals surface area contributed by atoms with E-state index in [9.17, 15) is 0 Å². The zero-order valence-corrected chi connectivity index (χ0v) is 18.9. The summed E-state index contributed by atoms with van der Waals surface area (Å²) in [5.74, 6) is 1.76. The molecule has 0 saturated carbocycles. The maximum Gasteiger partial charge on any atom is 0.188 e. The number of piperidine rings is 1. The quantitative estimate of drug-likeness (QED) is 0.477. The van der Waals surface area contributed by atoms with Crippen LogP contribution in [0.4, 0.5) is 0 Å². The predicted octanol–water partition coefficient (Wildman–Crippen LogP) is 3.55. The number of imidazole rings is 1. The highest BCUT2D eigenvalue weighted by Crippen LogP contribution is 2.33. The second kappa shape index (κ2) is 8.90. The normalized spacial score (nSPS) is 21.1. The van der Waals surface area contributed by atoms with Gasteiger partial charge >= 0.3 is 0 Å². The van der Waals surface area contributed by atoms with Gasteiger partial charge in [-0.15, -0.1) is 0 Å². The molecule has 1 aliphatic heterocycles. The maximum absolute atomic E-state index is 7.84. The average molecular weight is 432 g/mol. The minimum Gasteiger partial charge on any atom is -0.370 e. The molecule has 0 unspecified atom stereocenters. The number of aromatic nitrogens is 3. The van der Waals surface area contributed by atoms with Crippen molar-refractivity contribution in [1.29, 1.82) is 5.41 Å². The van der Waals surface area contributed by atoms with Crippen molar-refractivity contribution in [1.82, 2.24) is 24.3 Å². The zero-order valence-electron chi connectivity index (χ0n) is 18.9. The minimum absolute atomic E-state index is 0.189. The monoisotopic (exact) mass is 431 g/mol. The summed E-state index contributed by atoms with van der Waals surface area (Å²) in [7, 11) is 2.20. The van der Waals surface area contributed by atoms with Crippen molar-refractivity contribution in [3.05, 3.63) is 59.7 Å². The van der Waals surface area contributed by atoms with Gasteiger partial charge in [-0.1, -0.05) is 18.2 Å². The lowest BCUT2D eigenvalue weighted by molar-refractivity contribution is 0.196. The molecule has 7 nitrogen and oxygen atoms in total. The summed E-state index contributed by atoms with van der Waals surface area (Å²) in [4.78, 5) is 14.2. The van der Waals surface area contributed by atoms with Crippen LogP contribution in [0.25, 0.3) is 11.0 Å². The largest absolute Gasteiger partial charge is 0.370 e. The standard InChI is InChI=1S/C25H33N7/c1-30(22-12-4-8-19-9-5-13-28-24(19)22)17-23-29-20-10-2-3-11-21(20)32(23)16-18-7-6-14-31(15-18)25(26)27/h2-3,5,9-11,13,18,22H,4,6-8,12,14-17H2,1H3,(H3,26,27)/t18-,22+/m0/s1. The first-order valence-electron chi connectivity index (χ1n) is 11.8. The lowest BCUT2D eigenvalue weighted by atomic mass is 9.91. The number of likely N-dealkylation sites (tertiary alicyclic amines) is 1. The van der Waals surface area contributed by atoms with Gasteiger partial charge in [0.15, 0.2) is 5.96 Å². The molecule has 168 valence electrons. The molecule has 1 aromatic carbocycles. The molecule has 1 aliphatic carbocycles. The van der Waals surface area contributed by atoms with E-state index in [-0.39, 0.29) is 5.96 Å².